The number of fused-ring (bicyclic) bond motifs is 1. The van der Waals surface area contributed by atoms with E-state index in [1.807, 2.05) is 16.7 Å². The average molecular weight is 297 g/mol. The topological polar surface area (TPSA) is 65.7 Å². The summed E-state index contributed by atoms with van der Waals surface area (Å²) in [6.45, 7) is 1.52. The van der Waals surface area contributed by atoms with Crippen molar-refractivity contribution < 1.29 is 14.3 Å². The molecule has 0 fully saturated rings. The normalized spacial score (nSPS) is 10.7. The second-order valence-corrected chi connectivity index (χ2v) is 4.76. The Morgan fingerprint density at radius 3 is 2.73 bits per heavy atom. The van der Waals surface area contributed by atoms with Gasteiger partial charge < -0.3 is 13.9 Å². The van der Waals surface area contributed by atoms with Crippen LogP contribution in [0.1, 0.15) is 17.3 Å². The van der Waals surface area contributed by atoms with Crippen molar-refractivity contribution in [2.24, 2.45) is 0 Å². The number of benzene rings is 1. The van der Waals surface area contributed by atoms with Gasteiger partial charge in [-0.3, -0.25) is 4.79 Å². The van der Waals surface area contributed by atoms with Gasteiger partial charge in [0.2, 0.25) is 5.65 Å². The third kappa shape index (κ3) is 2.28. The molecule has 0 atom stereocenters. The highest BCUT2D eigenvalue weighted by Crippen LogP contribution is 2.31. The van der Waals surface area contributed by atoms with Crippen molar-refractivity contribution in [3.05, 3.63) is 42.4 Å². The van der Waals surface area contributed by atoms with Gasteiger partial charge in [0, 0.05) is 29.7 Å². The summed E-state index contributed by atoms with van der Waals surface area (Å²) in [5, 5.41) is 0. The predicted octanol–water partition coefficient (Wildman–Crippen LogP) is 2.62. The molecule has 0 saturated heterocycles. The molecule has 0 N–H and O–H groups in total. The van der Waals surface area contributed by atoms with Gasteiger partial charge in [-0.1, -0.05) is 6.07 Å². The number of aromatic nitrogens is 3. The van der Waals surface area contributed by atoms with Crippen molar-refractivity contribution >= 4 is 11.4 Å². The maximum Gasteiger partial charge on any atom is 0.258 e. The number of carbonyl (C=O) groups is 1. The van der Waals surface area contributed by atoms with E-state index in [2.05, 4.69) is 9.97 Å². The molecule has 0 amide bonds. The van der Waals surface area contributed by atoms with Crippen LogP contribution in [-0.4, -0.2) is 34.4 Å². The molecule has 0 aliphatic carbocycles. The van der Waals surface area contributed by atoms with E-state index in [9.17, 15) is 4.79 Å². The number of hydrogen-bond donors (Lipinski definition) is 0. The standard InChI is InChI=1S/C16H15N3O3/c1-10(20)11-4-5-12(14(8-11)21-2)13-9-19-7-6-17-16(22-3)15(19)18-13/h4-9H,1-3H3. The number of Topliss-reactive ketones (excluding diaryl/α,β-unsaturated/α-hetero) is 1. The first-order chi connectivity index (χ1) is 10.6. The Hall–Kier alpha value is -2.89. The summed E-state index contributed by atoms with van der Waals surface area (Å²) in [4.78, 5) is 20.2. The monoisotopic (exact) mass is 297 g/mol. The lowest BCUT2D eigenvalue weighted by Crippen LogP contribution is -1.95. The molecule has 3 rings (SSSR count). The highest BCUT2D eigenvalue weighted by molar-refractivity contribution is 5.95. The second-order valence-electron chi connectivity index (χ2n) is 4.76. The largest absolute Gasteiger partial charge is 0.496 e. The van der Waals surface area contributed by atoms with E-state index in [1.165, 1.54) is 6.92 Å². The lowest BCUT2D eigenvalue weighted by molar-refractivity contribution is 0.101. The molecule has 0 saturated carbocycles. The van der Waals surface area contributed by atoms with Crippen molar-refractivity contribution in [1.29, 1.82) is 0 Å². The van der Waals surface area contributed by atoms with E-state index < -0.39 is 0 Å². The number of nitrogens with zero attached hydrogens (tertiary/aromatic N) is 3. The molecule has 1 aromatic carbocycles. The summed E-state index contributed by atoms with van der Waals surface area (Å²) in [5.74, 6) is 1.04. The molecule has 6 heteroatoms. The lowest BCUT2D eigenvalue weighted by atomic mass is 10.1. The summed E-state index contributed by atoms with van der Waals surface area (Å²) in [7, 11) is 3.12. The molecule has 2 heterocycles. The highest BCUT2D eigenvalue weighted by atomic mass is 16.5. The molecular weight excluding hydrogens is 282 g/mol. The van der Waals surface area contributed by atoms with Crippen LogP contribution < -0.4 is 9.47 Å². The van der Waals surface area contributed by atoms with E-state index >= 15 is 0 Å². The van der Waals surface area contributed by atoms with Gasteiger partial charge in [0.05, 0.1) is 19.9 Å². The number of methoxy groups -OCH3 is 2. The maximum atomic E-state index is 11.5. The van der Waals surface area contributed by atoms with Crippen LogP contribution in [0.5, 0.6) is 11.6 Å². The molecule has 0 bridgehead atoms. The van der Waals surface area contributed by atoms with Crippen LogP contribution >= 0.6 is 0 Å². The molecule has 0 aliphatic rings. The first kappa shape index (κ1) is 14.1. The van der Waals surface area contributed by atoms with Gasteiger partial charge in [-0.15, -0.1) is 0 Å². The van der Waals surface area contributed by atoms with Crippen molar-refractivity contribution in [3.8, 4) is 22.9 Å². The second kappa shape index (κ2) is 5.48. The number of hydrogen-bond acceptors (Lipinski definition) is 5. The predicted molar refractivity (Wildman–Crippen MR) is 81.5 cm³/mol. The van der Waals surface area contributed by atoms with Crippen LogP contribution in [0.15, 0.2) is 36.8 Å². The van der Waals surface area contributed by atoms with Gasteiger partial charge >= 0.3 is 0 Å². The SMILES string of the molecule is COc1cc(C(C)=O)ccc1-c1cn2ccnc(OC)c2n1. The van der Waals surface area contributed by atoms with E-state index in [4.69, 9.17) is 9.47 Å². The summed E-state index contributed by atoms with van der Waals surface area (Å²) in [6, 6.07) is 5.31. The molecule has 6 nitrogen and oxygen atoms in total. The number of rotatable bonds is 4. The van der Waals surface area contributed by atoms with Crippen LogP contribution in [0.4, 0.5) is 0 Å². The first-order valence-electron chi connectivity index (χ1n) is 6.71. The van der Waals surface area contributed by atoms with Crippen molar-refractivity contribution in [2.45, 2.75) is 6.92 Å². The zero-order chi connectivity index (χ0) is 15.7. The van der Waals surface area contributed by atoms with Crippen LogP contribution in [0.3, 0.4) is 0 Å². The summed E-state index contributed by atoms with van der Waals surface area (Å²) in [6.07, 6.45) is 5.31. The van der Waals surface area contributed by atoms with Gasteiger partial charge in [-0.25, -0.2) is 9.97 Å². The molecule has 0 radical (unpaired) electrons. The van der Waals surface area contributed by atoms with E-state index in [1.54, 1.807) is 38.7 Å². The minimum absolute atomic E-state index is 0.00859. The average Bonchev–Trinajstić information content (AvgIpc) is 2.97. The van der Waals surface area contributed by atoms with Crippen LogP contribution in [0.2, 0.25) is 0 Å². The van der Waals surface area contributed by atoms with Crippen LogP contribution in [-0.2, 0) is 0 Å². The number of ether oxygens (including phenoxy) is 2. The van der Waals surface area contributed by atoms with E-state index in [0.29, 0.717) is 22.8 Å². The Balaban J connectivity index is 2.17. The van der Waals surface area contributed by atoms with Crippen molar-refractivity contribution in [3.63, 3.8) is 0 Å². The third-order valence-electron chi connectivity index (χ3n) is 3.42. The molecule has 112 valence electrons. The van der Waals surface area contributed by atoms with Gasteiger partial charge in [0.1, 0.15) is 5.75 Å². The smallest absolute Gasteiger partial charge is 0.258 e. The highest BCUT2D eigenvalue weighted by Gasteiger charge is 2.14. The van der Waals surface area contributed by atoms with Crippen molar-refractivity contribution in [1.82, 2.24) is 14.4 Å². The van der Waals surface area contributed by atoms with Gasteiger partial charge in [0.25, 0.3) is 5.88 Å². The molecule has 0 spiro atoms. The van der Waals surface area contributed by atoms with Crippen LogP contribution in [0, 0.1) is 0 Å². The van der Waals surface area contributed by atoms with Crippen molar-refractivity contribution in [2.75, 3.05) is 14.2 Å². The molecule has 0 unspecified atom stereocenters. The Morgan fingerprint density at radius 1 is 1.23 bits per heavy atom. The minimum atomic E-state index is -0.00859. The Morgan fingerprint density at radius 2 is 2.05 bits per heavy atom. The van der Waals surface area contributed by atoms with Gasteiger partial charge in [0.15, 0.2) is 5.78 Å². The quantitative estimate of drug-likeness (QED) is 0.693. The van der Waals surface area contributed by atoms with Gasteiger partial charge in [-0.05, 0) is 19.1 Å². The molecule has 0 aliphatic heterocycles. The Labute approximate surface area is 127 Å². The number of imidazole rings is 1. The summed E-state index contributed by atoms with van der Waals surface area (Å²) in [5.41, 5.74) is 2.75. The van der Waals surface area contributed by atoms with E-state index in [0.717, 1.165) is 11.3 Å². The van der Waals surface area contributed by atoms with E-state index in [-0.39, 0.29) is 5.78 Å². The molecule has 22 heavy (non-hydrogen) atoms. The van der Waals surface area contributed by atoms with Crippen LogP contribution in [0.25, 0.3) is 16.9 Å². The molecule has 2 aromatic heterocycles. The molecule has 3 aromatic rings. The number of carbonyl (C=O) groups excluding carboxylic acids is 1. The third-order valence-corrected chi connectivity index (χ3v) is 3.42. The Kier molecular flexibility index (Phi) is 3.50. The fourth-order valence-corrected chi connectivity index (χ4v) is 2.29. The maximum absolute atomic E-state index is 11.5. The molecular formula is C16H15N3O3. The fraction of sp³-hybridized carbons (Fsp3) is 0.188. The Bertz CT molecular complexity index is 855. The first-order valence-corrected chi connectivity index (χ1v) is 6.71. The summed E-state index contributed by atoms with van der Waals surface area (Å²) < 4.78 is 12.4. The minimum Gasteiger partial charge on any atom is -0.496 e. The number of ketones is 1. The lowest BCUT2D eigenvalue weighted by Gasteiger charge is -2.07. The zero-order valence-electron chi connectivity index (χ0n) is 12.5. The zero-order valence-corrected chi connectivity index (χ0v) is 12.5. The fourth-order valence-electron chi connectivity index (χ4n) is 2.29. The summed E-state index contributed by atoms with van der Waals surface area (Å²) >= 11 is 0. The van der Waals surface area contributed by atoms with Gasteiger partial charge in [-0.2, -0.15) is 0 Å².